The van der Waals surface area contributed by atoms with E-state index < -0.39 is 17.5 Å². The highest BCUT2D eigenvalue weighted by Crippen LogP contribution is 2.45. The van der Waals surface area contributed by atoms with Gasteiger partial charge < -0.3 is 10.4 Å². The van der Waals surface area contributed by atoms with Crippen molar-refractivity contribution in [3.8, 4) is 0 Å². The first-order valence-corrected chi connectivity index (χ1v) is 7.52. The minimum atomic E-state index is -4.43. The van der Waals surface area contributed by atoms with E-state index in [1.54, 1.807) is 0 Å². The summed E-state index contributed by atoms with van der Waals surface area (Å²) < 4.78 is 37.9. The third-order valence-electron chi connectivity index (χ3n) is 4.93. The monoisotopic (exact) mass is 316 g/mol. The summed E-state index contributed by atoms with van der Waals surface area (Å²) in [5, 5.41) is 13.5. The number of pyridine rings is 1. The molecule has 2 N–H and O–H groups in total. The van der Waals surface area contributed by atoms with E-state index in [2.05, 4.69) is 10.3 Å². The molecule has 2 unspecified atom stereocenters. The maximum Gasteiger partial charge on any atom is 0.433 e. The molecule has 2 atom stereocenters. The van der Waals surface area contributed by atoms with Crippen LogP contribution in [0.15, 0.2) is 18.2 Å². The molecule has 6 heteroatoms. The summed E-state index contributed by atoms with van der Waals surface area (Å²) >= 11 is 0. The van der Waals surface area contributed by atoms with Gasteiger partial charge in [-0.15, -0.1) is 0 Å². The first kappa shape index (κ1) is 17.1. The van der Waals surface area contributed by atoms with Crippen LogP contribution in [0.25, 0.3) is 0 Å². The lowest BCUT2D eigenvalue weighted by Gasteiger charge is -2.47. The number of aliphatic hydroxyl groups is 1. The second kappa shape index (κ2) is 5.72. The van der Waals surface area contributed by atoms with E-state index in [4.69, 9.17) is 0 Å². The molecule has 3 nitrogen and oxygen atoms in total. The van der Waals surface area contributed by atoms with Crippen molar-refractivity contribution in [3.05, 3.63) is 23.9 Å². The van der Waals surface area contributed by atoms with Crippen LogP contribution < -0.4 is 5.32 Å². The van der Waals surface area contributed by atoms with Gasteiger partial charge in [0, 0.05) is 6.54 Å². The number of hydrogen-bond acceptors (Lipinski definition) is 3. The van der Waals surface area contributed by atoms with Gasteiger partial charge in [0.2, 0.25) is 0 Å². The molecule has 0 radical (unpaired) electrons. The number of nitrogens with zero attached hydrogens (tertiary/aromatic N) is 1. The van der Waals surface area contributed by atoms with Crippen LogP contribution in [0.4, 0.5) is 19.0 Å². The minimum Gasteiger partial charge on any atom is -0.390 e. The van der Waals surface area contributed by atoms with Crippen LogP contribution in [0.1, 0.15) is 45.7 Å². The van der Waals surface area contributed by atoms with Crippen LogP contribution in [0.5, 0.6) is 0 Å². The predicted molar refractivity (Wildman–Crippen MR) is 79.5 cm³/mol. The Kier molecular flexibility index (Phi) is 4.44. The van der Waals surface area contributed by atoms with E-state index in [1.165, 1.54) is 12.1 Å². The van der Waals surface area contributed by atoms with Gasteiger partial charge in [-0.3, -0.25) is 0 Å². The summed E-state index contributed by atoms with van der Waals surface area (Å²) in [6.07, 6.45) is -1.97. The molecule has 0 spiro atoms. The Labute approximate surface area is 129 Å². The van der Waals surface area contributed by atoms with E-state index in [0.717, 1.165) is 18.9 Å². The van der Waals surface area contributed by atoms with Crippen LogP contribution in [-0.4, -0.2) is 22.2 Å². The largest absolute Gasteiger partial charge is 0.433 e. The maximum absolute atomic E-state index is 12.6. The molecule has 1 aromatic rings. The average Bonchev–Trinajstić information content (AvgIpc) is 2.40. The number of anilines is 1. The molecule has 0 bridgehead atoms. The molecule has 0 aromatic carbocycles. The molecular weight excluding hydrogens is 293 g/mol. The molecule has 2 rings (SSSR count). The highest BCUT2D eigenvalue weighted by atomic mass is 19.4. The second-order valence-electron chi connectivity index (χ2n) is 7.05. The number of nitrogens with one attached hydrogen (secondary N) is 1. The zero-order valence-corrected chi connectivity index (χ0v) is 13.2. The molecule has 22 heavy (non-hydrogen) atoms. The molecule has 1 heterocycles. The molecule has 124 valence electrons. The van der Waals surface area contributed by atoms with Crippen molar-refractivity contribution in [1.29, 1.82) is 0 Å². The first-order valence-electron chi connectivity index (χ1n) is 7.52. The molecule has 0 amide bonds. The summed E-state index contributed by atoms with van der Waals surface area (Å²) in [6, 6.07) is 3.83. The van der Waals surface area contributed by atoms with Gasteiger partial charge in [0.15, 0.2) is 0 Å². The van der Waals surface area contributed by atoms with Crippen LogP contribution >= 0.6 is 0 Å². The molecule has 1 saturated carbocycles. The average molecular weight is 316 g/mol. The zero-order chi connectivity index (χ0) is 16.6. The fraction of sp³-hybridized carbons (Fsp3) is 0.688. The van der Waals surface area contributed by atoms with Crippen molar-refractivity contribution in [2.75, 3.05) is 11.9 Å². The van der Waals surface area contributed by atoms with E-state index in [1.807, 2.05) is 20.8 Å². The van der Waals surface area contributed by atoms with Gasteiger partial charge in [0.25, 0.3) is 0 Å². The highest BCUT2D eigenvalue weighted by molar-refractivity contribution is 5.36. The van der Waals surface area contributed by atoms with E-state index in [9.17, 15) is 18.3 Å². The summed E-state index contributed by atoms with van der Waals surface area (Å²) in [5.74, 6) is 0.443. The van der Waals surface area contributed by atoms with Gasteiger partial charge in [-0.05, 0) is 49.7 Å². The van der Waals surface area contributed by atoms with Crippen molar-refractivity contribution >= 4 is 5.82 Å². The third-order valence-corrected chi connectivity index (χ3v) is 4.93. The van der Waals surface area contributed by atoms with E-state index >= 15 is 0 Å². The molecule has 0 aliphatic heterocycles. The normalized spacial score (nSPS) is 28.4. The fourth-order valence-electron chi connectivity index (χ4n) is 2.89. The van der Waals surface area contributed by atoms with Crippen LogP contribution in [-0.2, 0) is 6.18 Å². The number of rotatable bonds is 3. The number of aromatic nitrogens is 1. The van der Waals surface area contributed by atoms with Crippen LogP contribution in [0.3, 0.4) is 0 Å². The zero-order valence-electron chi connectivity index (χ0n) is 13.2. The Morgan fingerprint density at radius 2 is 2.00 bits per heavy atom. The topological polar surface area (TPSA) is 45.2 Å². The van der Waals surface area contributed by atoms with Crippen molar-refractivity contribution in [2.24, 2.45) is 11.3 Å². The van der Waals surface area contributed by atoms with Gasteiger partial charge in [-0.2, -0.15) is 13.2 Å². The molecule has 0 saturated heterocycles. The molecular formula is C16H23F3N2O. The molecule has 1 aliphatic carbocycles. The number of alkyl halides is 3. The Bertz CT molecular complexity index is 526. The highest BCUT2D eigenvalue weighted by Gasteiger charge is 2.44. The van der Waals surface area contributed by atoms with Crippen molar-refractivity contribution in [2.45, 2.75) is 51.8 Å². The summed E-state index contributed by atoms with van der Waals surface area (Å²) in [7, 11) is 0. The predicted octanol–water partition coefficient (Wildman–Crippen LogP) is 4.09. The van der Waals surface area contributed by atoms with Gasteiger partial charge in [-0.1, -0.05) is 19.9 Å². The Hall–Kier alpha value is -1.30. The smallest absolute Gasteiger partial charge is 0.390 e. The number of halogens is 3. The van der Waals surface area contributed by atoms with Crippen LogP contribution in [0, 0.1) is 11.3 Å². The lowest BCUT2D eigenvalue weighted by molar-refractivity contribution is -0.141. The Balaban J connectivity index is 1.97. The third kappa shape index (κ3) is 3.72. The van der Waals surface area contributed by atoms with Crippen molar-refractivity contribution in [3.63, 3.8) is 0 Å². The standard InChI is InChI=1S/C16H23F3N2O/c1-14(2)8-7-11(9-15(14,3)22)10-20-13-6-4-5-12(21-13)16(17,18)19/h4-6,11,22H,7-10H2,1-3H3,(H,20,21). The number of hydrogen-bond donors (Lipinski definition) is 2. The molecule has 1 fully saturated rings. The lowest BCUT2D eigenvalue weighted by Crippen LogP contribution is -2.48. The summed E-state index contributed by atoms with van der Waals surface area (Å²) in [4.78, 5) is 3.59. The SMILES string of the molecule is CC1(C)CCC(CNc2cccc(C(F)(F)F)n2)CC1(C)O. The van der Waals surface area contributed by atoms with Gasteiger partial charge >= 0.3 is 6.18 Å². The summed E-state index contributed by atoms with van der Waals surface area (Å²) in [6.45, 7) is 6.44. The molecule has 1 aromatic heterocycles. The Morgan fingerprint density at radius 3 is 2.59 bits per heavy atom. The van der Waals surface area contributed by atoms with Crippen molar-refractivity contribution < 1.29 is 18.3 Å². The minimum absolute atomic E-state index is 0.141. The quantitative estimate of drug-likeness (QED) is 0.883. The van der Waals surface area contributed by atoms with E-state index in [0.29, 0.717) is 13.0 Å². The lowest BCUT2D eigenvalue weighted by atomic mass is 9.63. The Morgan fingerprint density at radius 1 is 1.32 bits per heavy atom. The first-order chi connectivity index (χ1) is 10.0. The summed E-state index contributed by atoms with van der Waals surface area (Å²) in [5.41, 5.74) is -1.80. The van der Waals surface area contributed by atoms with Crippen molar-refractivity contribution in [1.82, 2.24) is 4.98 Å². The molecule has 1 aliphatic rings. The maximum atomic E-state index is 12.6. The fourth-order valence-corrected chi connectivity index (χ4v) is 2.89. The van der Waals surface area contributed by atoms with E-state index in [-0.39, 0.29) is 17.2 Å². The second-order valence-corrected chi connectivity index (χ2v) is 7.05. The van der Waals surface area contributed by atoms with Gasteiger partial charge in [0.1, 0.15) is 11.5 Å². The van der Waals surface area contributed by atoms with Crippen LogP contribution in [0.2, 0.25) is 0 Å². The van der Waals surface area contributed by atoms with Gasteiger partial charge in [-0.25, -0.2) is 4.98 Å². The van der Waals surface area contributed by atoms with Gasteiger partial charge in [0.05, 0.1) is 5.60 Å².